The maximum atomic E-state index is 11.7. The summed E-state index contributed by atoms with van der Waals surface area (Å²) in [5, 5.41) is 3.95. The molecule has 27 heavy (non-hydrogen) atoms. The lowest BCUT2D eigenvalue weighted by atomic mass is 10.3. The summed E-state index contributed by atoms with van der Waals surface area (Å²) < 4.78 is 7.27. The topological polar surface area (TPSA) is 125 Å². The molecule has 0 atom stereocenters. The van der Waals surface area contributed by atoms with E-state index in [1.807, 2.05) is 34.9 Å². The molecule has 0 aliphatic heterocycles. The highest BCUT2D eigenvalue weighted by Gasteiger charge is 2.11. The summed E-state index contributed by atoms with van der Waals surface area (Å²) in [6, 6.07) is 7.67. The van der Waals surface area contributed by atoms with Crippen molar-refractivity contribution in [3.63, 3.8) is 0 Å². The van der Waals surface area contributed by atoms with E-state index in [9.17, 15) is 9.59 Å². The minimum atomic E-state index is -1.00. The smallest absolute Gasteiger partial charge is 0.405 e. The molecular formula is C16H12N6O3S2. The molecule has 0 radical (unpaired) electrons. The average Bonchev–Trinajstić information content (AvgIpc) is 3.23. The second-order valence-corrected chi connectivity index (χ2v) is 7.42. The number of thiazole rings is 1. The van der Waals surface area contributed by atoms with Crippen LogP contribution in [0.25, 0.3) is 16.0 Å². The second kappa shape index (κ2) is 7.21. The van der Waals surface area contributed by atoms with Gasteiger partial charge >= 0.3 is 6.09 Å². The molecule has 1 aromatic carbocycles. The monoisotopic (exact) mass is 400 g/mol. The van der Waals surface area contributed by atoms with Gasteiger partial charge in [-0.15, -0.1) is 0 Å². The molecule has 0 saturated heterocycles. The summed E-state index contributed by atoms with van der Waals surface area (Å²) in [7, 11) is 0. The van der Waals surface area contributed by atoms with Gasteiger partial charge in [0.2, 0.25) is 5.78 Å². The predicted molar refractivity (Wildman–Crippen MR) is 101 cm³/mol. The van der Waals surface area contributed by atoms with Gasteiger partial charge in [0, 0.05) is 17.3 Å². The Hall–Kier alpha value is -3.18. The van der Waals surface area contributed by atoms with Crippen molar-refractivity contribution in [2.75, 3.05) is 11.9 Å². The fraction of sp³-hybridized carbons (Fsp3) is 0.0625. The van der Waals surface area contributed by atoms with Crippen LogP contribution in [0.15, 0.2) is 52.8 Å². The zero-order chi connectivity index (χ0) is 18.8. The van der Waals surface area contributed by atoms with E-state index < -0.39 is 18.6 Å². The van der Waals surface area contributed by atoms with Crippen molar-refractivity contribution < 1.29 is 14.3 Å². The van der Waals surface area contributed by atoms with E-state index in [0.717, 1.165) is 20.1 Å². The maximum absolute atomic E-state index is 11.7. The molecule has 3 heterocycles. The van der Waals surface area contributed by atoms with Gasteiger partial charge in [-0.3, -0.25) is 14.5 Å². The first-order valence-corrected chi connectivity index (χ1v) is 9.30. The molecule has 0 aliphatic carbocycles. The van der Waals surface area contributed by atoms with Crippen molar-refractivity contribution in [3.05, 3.63) is 42.9 Å². The highest BCUT2D eigenvalue weighted by Crippen LogP contribution is 2.33. The van der Waals surface area contributed by atoms with Crippen LogP contribution in [-0.4, -0.2) is 38.0 Å². The summed E-state index contributed by atoms with van der Waals surface area (Å²) in [6.45, 7) is -0.450. The molecule has 0 spiro atoms. The van der Waals surface area contributed by atoms with Gasteiger partial charge in [0.1, 0.15) is 5.03 Å². The summed E-state index contributed by atoms with van der Waals surface area (Å²) in [5.41, 5.74) is 5.60. The van der Waals surface area contributed by atoms with Crippen LogP contribution in [0.1, 0.15) is 0 Å². The number of anilines is 1. The quantitative estimate of drug-likeness (QED) is 0.527. The molecule has 0 aliphatic rings. The lowest BCUT2D eigenvalue weighted by molar-refractivity contribution is -0.118. The van der Waals surface area contributed by atoms with Crippen LogP contribution in [-0.2, 0) is 9.53 Å². The molecular weight excluding hydrogens is 388 g/mol. The fourth-order valence-corrected chi connectivity index (χ4v) is 4.21. The van der Waals surface area contributed by atoms with Crippen molar-refractivity contribution in [3.8, 4) is 0 Å². The third-order valence-corrected chi connectivity index (χ3v) is 5.36. The fourth-order valence-electron chi connectivity index (χ4n) is 2.32. The van der Waals surface area contributed by atoms with Crippen LogP contribution in [0.4, 0.5) is 9.93 Å². The Labute approximate surface area is 160 Å². The number of carbonyl (C=O) groups excluding carboxylic acids is 2. The number of hydrogen-bond donors (Lipinski definition) is 2. The normalized spacial score (nSPS) is 11.0. The number of imidazole rings is 1. The van der Waals surface area contributed by atoms with E-state index in [2.05, 4.69) is 25.0 Å². The number of aromatic nitrogens is 4. The molecule has 11 heteroatoms. The molecule has 3 aromatic heterocycles. The van der Waals surface area contributed by atoms with Crippen molar-refractivity contribution in [2.24, 2.45) is 5.73 Å². The molecule has 0 saturated carbocycles. The SMILES string of the molecule is NC(=O)OCC(=O)Nc1nc2ccc(Sc3cnc4ncccn34)cc2s1. The van der Waals surface area contributed by atoms with Crippen LogP contribution in [0.5, 0.6) is 0 Å². The molecule has 3 N–H and O–H groups in total. The zero-order valence-electron chi connectivity index (χ0n) is 13.7. The molecule has 9 nitrogen and oxygen atoms in total. The number of hydrogen-bond acceptors (Lipinski definition) is 8. The Bertz CT molecular complexity index is 1160. The van der Waals surface area contributed by atoms with Crippen molar-refractivity contribution in [2.45, 2.75) is 9.92 Å². The largest absolute Gasteiger partial charge is 0.440 e. The number of fused-ring (bicyclic) bond motifs is 2. The maximum Gasteiger partial charge on any atom is 0.405 e. The summed E-state index contributed by atoms with van der Waals surface area (Å²) >= 11 is 2.88. The number of nitrogens with two attached hydrogens (primary N) is 1. The molecule has 136 valence electrons. The zero-order valence-corrected chi connectivity index (χ0v) is 15.3. The first-order valence-electron chi connectivity index (χ1n) is 7.67. The van der Waals surface area contributed by atoms with Crippen LogP contribution in [0.2, 0.25) is 0 Å². The summed E-state index contributed by atoms with van der Waals surface area (Å²) in [5.74, 6) is 0.141. The molecule has 2 amide bonds. The second-order valence-electron chi connectivity index (χ2n) is 5.29. The Balaban J connectivity index is 1.52. The lowest BCUT2D eigenvalue weighted by Crippen LogP contribution is -2.23. The highest BCUT2D eigenvalue weighted by atomic mass is 32.2. The number of ether oxygens (including phenoxy) is 1. The number of nitrogens with one attached hydrogen (secondary N) is 1. The van der Waals surface area contributed by atoms with Gasteiger partial charge in [-0.25, -0.2) is 19.7 Å². The number of carbonyl (C=O) groups is 2. The minimum Gasteiger partial charge on any atom is -0.440 e. The van der Waals surface area contributed by atoms with E-state index in [0.29, 0.717) is 10.9 Å². The number of amides is 2. The highest BCUT2D eigenvalue weighted by molar-refractivity contribution is 7.99. The van der Waals surface area contributed by atoms with Gasteiger partial charge in [-0.1, -0.05) is 23.1 Å². The molecule has 0 unspecified atom stereocenters. The number of benzene rings is 1. The molecule has 4 aromatic rings. The minimum absolute atomic E-state index is 0.421. The third-order valence-electron chi connectivity index (χ3n) is 3.43. The standard InChI is InChI=1S/C16H12N6O3S2/c17-14(24)25-8-12(23)21-16-20-10-3-2-9(6-11(10)27-16)26-13-7-19-15-18-4-1-5-22(13)15/h1-7H,8H2,(H2,17,24)(H,20,21,23). The van der Waals surface area contributed by atoms with Gasteiger partial charge in [-0.05, 0) is 24.3 Å². The van der Waals surface area contributed by atoms with Crippen LogP contribution >= 0.6 is 23.1 Å². The van der Waals surface area contributed by atoms with Crippen LogP contribution < -0.4 is 11.1 Å². The van der Waals surface area contributed by atoms with E-state index in [1.165, 1.54) is 11.3 Å². The third kappa shape index (κ3) is 3.83. The number of primary amides is 1. The Morgan fingerprint density at radius 3 is 3.07 bits per heavy atom. The van der Waals surface area contributed by atoms with Gasteiger partial charge in [0.15, 0.2) is 11.7 Å². The van der Waals surface area contributed by atoms with Gasteiger partial charge in [0.25, 0.3) is 5.91 Å². The first kappa shape index (κ1) is 17.2. The Morgan fingerprint density at radius 1 is 1.33 bits per heavy atom. The van der Waals surface area contributed by atoms with Crippen molar-refractivity contribution in [1.29, 1.82) is 0 Å². The van der Waals surface area contributed by atoms with E-state index in [-0.39, 0.29) is 0 Å². The first-order chi connectivity index (χ1) is 13.1. The van der Waals surface area contributed by atoms with Crippen LogP contribution in [0.3, 0.4) is 0 Å². The molecule has 4 rings (SSSR count). The van der Waals surface area contributed by atoms with Gasteiger partial charge < -0.3 is 10.5 Å². The van der Waals surface area contributed by atoms with Gasteiger partial charge in [0.05, 0.1) is 16.4 Å². The Morgan fingerprint density at radius 2 is 2.22 bits per heavy atom. The van der Waals surface area contributed by atoms with Crippen molar-refractivity contribution >= 4 is 56.2 Å². The summed E-state index contributed by atoms with van der Waals surface area (Å²) in [6.07, 6.45) is 4.38. The van der Waals surface area contributed by atoms with E-state index >= 15 is 0 Å². The molecule has 0 bridgehead atoms. The average molecular weight is 400 g/mol. The van der Waals surface area contributed by atoms with E-state index in [4.69, 9.17) is 5.73 Å². The predicted octanol–water partition coefficient (Wildman–Crippen LogP) is 2.52. The van der Waals surface area contributed by atoms with Crippen LogP contribution in [0, 0.1) is 0 Å². The lowest BCUT2D eigenvalue weighted by Gasteiger charge is -2.01. The molecule has 0 fully saturated rings. The van der Waals surface area contributed by atoms with E-state index in [1.54, 1.807) is 24.2 Å². The number of rotatable bonds is 5. The Kier molecular flexibility index (Phi) is 4.60. The van der Waals surface area contributed by atoms with Crippen molar-refractivity contribution in [1.82, 2.24) is 19.4 Å². The number of nitrogens with zero attached hydrogens (tertiary/aromatic N) is 4. The summed E-state index contributed by atoms with van der Waals surface area (Å²) in [4.78, 5) is 36.1. The van der Waals surface area contributed by atoms with Gasteiger partial charge in [-0.2, -0.15) is 0 Å².